The highest BCUT2D eigenvalue weighted by Crippen LogP contribution is 2.31. The molecule has 8 heteroatoms. The first kappa shape index (κ1) is 22.7. The molecule has 174 valence electrons. The summed E-state index contributed by atoms with van der Waals surface area (Å²) in [6, 6.07) is 20.4. The molecule has 2 heterocycles. The molecule has 1 saturated heterocycles. The van der Waals surface area contributed by atoms with Crippen LogP contribution >= 0.6 is 11.3 Å². The topological polar surface area (TPSA) is 79.4 Å². The number of fused-ring (bicyclic) bond motifs is 1. The van der Waals surface area contributed by atoms with Crippen LogP contribution in [0.4, 0.5) is 5.69 Å². The Labute approximate surface area is 203 Å². The van der Waals surface area contributed by atoms with Gasteiger partial charge in [-0.15, -0.1) is 11.3 Å². The number of aryl methyl sites for hydroxylation is 1. The number of sulfonamides is 1. The number of amides is 1. The van der Waals surface area contributed by atoms with E-state index in [4.69, 9.17) is 0 Å². The van der Waals surface area contributed by atoms with Crippen molar-refractivity contribution in [3.63, 3.8) is 0 Å². The summed E-state index contributed by atoms with van der Waals surface area (Å²) in [5, 5.41) is 3.80. The first-order valence-electron chi connectivity index (χ1n) is 11.3. The van der Waals surface area contributed by atoms with E-state index in [0.717, 1.165) is 40.1 Å². The Hall–Kier alpha value is -3.07. The third-order valence-electron chi connectivity index (χ3n) is 6.07. The molecule has 0 spiro atoms. The van der Waals surface area contributed by atoms with Crippen LogP contribution < -0.4 is 5.32 Å². The molecule has 0 saturated carbocycles. The number of anilines is 1. The molecule has 0 atom stereocenters. The number of carbonyl (C=O) groups is 1. The number of para-hydroxylation sites is 1. The van der Waals surface area contributed by atoms with Crippen molar-refractivity contribution in [1.29, 1.82) is 0 Å². The lowest BCUT2D eigenvalue weighted by molar-refractivity contribution is 0.102. The van der Waals surface area contributed by atoms with Gasteiger partial charge < -0.3 is 5.32 Å². The zero-order chi connectivity index (χ0) is 23.7. The zero-order valence-electron chi connectivity index (χ0n) is 18.8. The van der Waals surface area contributed by atoms with Crippen molar-refractivity contribution in [3.05, 3.63) is 77.9 Å². The molecule has 1 aliphatic rings. The maximum atomic E-state index is 13.2. The maximum Gasteiger partial charge on any atom is 0.255 e. The highest BCUT2D eigenvalue weighted by molar-refractivity contribution is 7.89. The first-order valence-corrected chi connectivity index (χ1v) is 13.6. The second-order valence-electron chi connectivity index (χ2n) is 8.46. The zero-order valence-corrected chi connectivity index (χ0v) is 20.5. The number of nitrogens with one attached hydrogen (secondary N) is 1. The molecular formula is C26H25N3O3S2. The highest BCUT2D eigenvalue weighted by Gasteiger charge is 2.28. The van der Waals surface area contributed by atoms with Gasteiger partial charge in [0.25, 0.3) is 5.91 Å². The molecule has 4 aromatic rings. The van der Waals surface area contributed by atoms with E-state index >= 15 is 0 Å². The Morgan fingerprint density at radius 1 is 0.971 bits per heavy atom. The van der Waals surface area contributed by atoms with Gasteiger partial charge in [-0.1, -0.05) is 24.6 Å². The van der Waals surface area contributed by atoms with Crippen LogP contribution in [-0.4, -0.2) is 36.7 Å². The Morgan fingerprint density at radius 2 is 1.71 bits per heavy atom. The molecule has 1 amide bonds. The van der Waals surface area contributed by atoms with Crippen molar-refractivity contribution in [2.75, 3.05) is 18.4 Å². The number of hydrogen-bond donors (Lipinski definition) is 1. The van der Waals surface area contributed by atoms with Gasteiger partial charge in [-0.2, -0.15) is 4.31 Å². The fourth-order valence-electron chi connectivity index (χ4n) is 4.16. The second-order valence-corrected chi connectivity index (χ2v) is 11.4. The number of nitrogens with zero attached hydrogens (tertiary/aromatic N) is 2. The van der Waals surface area contributed by atoms with Crippen LogP contribution in [-0.2, 0) is 10.0 Å². The van der Waals surface area contributed by atoms with E-state index in [9.17, 15) is 13.2 Å². The molecular weight excluding hydrogens is 466 g/mol. The van der Waals surface area contributed by atoms with Crippen molar-refractivity contribution in [2.45, 2.75) is 31.1 Å². The molecule has 6 nitrogen and oxygen atoms in total. The van der Waals surface area contributed by atoms with E-state index < -0.39 is 10.0 Å². The van der Waals surface area contributed by atoms with Crippen LogP contribution in [0.2, 0.25) is 0 Å². The Morgan fingerprint density at radius 3 is 2.44 bits per heavy atom. The Bertz CT molecular complexity index is 1420. The minimum absolute atomic E-state index is 0.202. The van der Waals surface area contributed by atoms with Gasteiger partial charge in [0, 0.05) is 29.9 Å². The molecule has 0 unspecified atom stereocenters. The van der Waals surface area contributed by atoms with Crippen LogP contribution in [0.5, 0.6) is 0 Å². The minimum Gasteiger partial charge on any atom is -0.322 e. The van der Waals surface area contributed by atoms with Gasteiger partial charge in [-0.25, -0.2) is 13.4 Å². The van der Waals surface area contributed by atoms with Gasteiger partial charge in [0.05, 0.1) is 15.1 Å². The van der Waals surface area contributed by atoms with Gasteiger partial charge in [0.1, 0.15) is 5.01 Å². The molecule has 3 aromatic carbocycles. The van der Waals surface area contributed by atoms with Crippen molar-refractivity contribution in [3.8, 4) is 10.6 Å². The summed E-state index contributed by atoms with van der Waals surface area (Å²) >= 11 is 1.62. The maximum absolute atomic E-state index is 13.2. The lowest BCUT2D eigenvalue weighted by atomic mass is 10.1. The molecule has 0 aliphatic carbocycles. The molecule has 1 N–H and O–H groups in total. The molecule has 1 fully saturated rings. The number of thiazole rings is 1. The molecule has 0 radical (unpaired) electrons. The first-order chi connectivity index (χ1) is 16.4. The third-order valence-corrected chi connectivity index (χ3v) is 9.19. The number of carbonyl (C=O) groups excluding carboxylic acids is 1. The van der Waals surface area contributed by atoms with E-state index in [1.54, 1.807) is 30.4 Å². The summed E-state index contributed by atoms with van der Waals surface area (Å²) in [6.45, 7) is 2.82. The predicted molar refractivity (Wildman–Crippen MR) is 137 cm³/mol. The van der Waals surface area contributed by atoms with Crippen LogP contribution in [0, 0.1) is 6.92 Å². The average Bonchev–Trinajstić information content (AvgIpc) is 3.29. The normalized spacial score (nSPS) is 14.9. The van der Waals surface area contributed by atoms with Gasteiger partial charge >= 0.3 is 0 Å². The van der Waals surface area contributed by atoms with Crippen LogP contribution in [0.25, 0.3) is 20.8 Å². The fourth-order valence-corrected chi connectivity index (χ4v) is 6.90. The highest BCUT2D eigenvalue weighted by atomic mass is 32.2. The summed E-state index contributed by atoms with van der Waals surface area (Å²) in [5.74, 6) is -0.345. The van der Waals surface area contributed by atoms with Gasteiger partial charge in [-0.3, -0.25) is 4.79 Å². The summed E-state index contributed by atoms with van der Waals surface area (Å²) in [6.07, 6.45) is 2.78. The van der Waals surface area contributed by atoms with Gasteiger partial charge in [0.2, 0.25) is 10.0 Å². The third kappa shape index (κ3) is 4.49. The van der Waals surface area contributed by atoms with Crippen molar-refractivity contribution in [2.24, 2.45) is 0 Å². The second kappa shape index (κ2) is 9.29. The van der Waals surface area contributed by atoms with Crippen LogP contribution in [0.3, 0.4) is 0 Å². The molecule has 0 bridgehead atoms. The lowest BCUT2D eigenvalue weighted by Gasteiger charge is -2.26. The molecule has 5 rings (SSSR count). The summed E-state index contributed by atoms with van der Waals surface area (Å²) in [4.78, 5) is 17.8. The van der Waals surface area contributed by atoms with E-state index in [2.05, 4.69) is 10.3 Å². The number of benzene rings is 3. The van der Waals surface area contributed by atoms with Crippen LogP contribution in [0.1, 0.15) is 35.2 Å². The van der Waals surface area contributed by atoms with E-state index in [0.29, 0.717) is 29.9 Å². The van der Waals surface area contributed by atoms with E-state index in [1.807, 2.05) is 48.5 Å². The molecule has 1 aliphatic heterocycles. The largest absolute Gasteiger partial charge is 0.322 e. The average molecular weight is 492 g/mol. The van der Waals surface area contributed by atoms with Crippen molar-refractivity contribution >= 4 is 43.2 Å². The number of piperidine rings is 1. The Kier molecular flexibility index (Phi) is 6.20. The number of rotatable bonds is 5. The smallest absolute Gasteiger partial charge is 0.255 e. The Balaban J connectivity index is 1.34. The lowest BCUT2D eigenvalue weighted by Crippen LogP contribution is -2.36. The quantitative estimate of drug-likeness (QED) is 0.388. The van der Waals surface area contributed by atoms with E-state index in [1.165, 1.54) is 10.4 Å². The van der Waals surface area contributed by atoms with E-state index in [-0.39, 0.29) is 10.8 Å². The van der Waals surface area contributed by atoms with Crippen LogP contribution in [0.15, 0.2) is 71.6 Å². The predicted octanol–water partition coefficient (Wildman–Crippen LogP) is 5.70. The summed E-state index contributed by atoms with van der Waals surface area (Å²) < 4.78 is 29.0. The van der Waals surface area contributed by atoms with Crippen molar-refractivity contribution < 1.29 is 13.2 Å². The number of aromatic nitrogens is 1. The minimum atomic E-state index is -3.62. The van der Waals surface area contributed by atoms with Crippen molar-refractivity contribution in [1.82, 2.24) is 9.29 Å². The fraction of sp³-hybridized carbons (Fsp3) is 0.231. The molecule has 34 heavy (non-hydrogen) atoms. The molecule has 1 aromatic heterocycles. The summed E-state index contributed by atoms with van der Waals surface area (Å²) in [7, 11) is -3.62. The summed E-state index contributed by atoms with van der Waals surface area (Å²) in [5.41, 5.74) is 3.54. The van der Waals surface area contributed by atoms with Gasteiger partial charge in [0.15, 0.2) is 0 Å². The van der Waals surface area contributed by atoms with Gasteiger partial charge in [-0.05, 0) is 73.9 Å². The standard InChI is InChI=1S/C26H25N3O3S2/c1-18-9-10-20(17-24(18)34(31,32)29-15-5-2-6-16-29)25(30)27-21-13-11-19(12-14-21)26-28-22-7-3-4-8-23(22)33-26/h3-4,7-14,17H,2,5-6,15-16H2,1H3,(H,27,30). The number of hydrogen-bond acceptors (Lipinski definition) is 5. The monoisotopic (exact) mass is 491 g/mol. The SMILES string of the molecule is Cc1ccc(C(=O)Nc2ccc(-c3nc4ccccc4s3)cc2)cc1S(=O)(=O)N1CCCCC1.